The van der Waals surface area contributed by atoms with E-state index in [-0.39, 0.29) is 23.3 Å². The van der Waals surface area contributed by atoms with Gasteiger partial charge in [0, 0.05) is 32.7 Å². The number of hydrogen-bond donors (Lipinski definition) is 2. The SMILES string of the molecule is CC(C)=CCn1c(N[C@@H]2CCCC[C@@H]2N)nc2c1c(=O)n(C)c(=O)n2C. The van der Waals surface area contributed by atoms with Crippen molar-refractivity contribution in [2.45, 2.75) is 58.2 Å². The van der Waals surface area contributed by atoms with E-state index >= 15 is 0 Å². The third-order valence-electron chi connectivity index (χ3n) is 5.16. The molecule has 2 aromatic rings. The largest absolute Gasteiger partial charge is 0.351 e. The van der Waals surface area contributed by atoms with Crippen molar-refractivity contribution >= 4 is 17.1 Å². The third-order valence-corrected chi connectivity index (χ3v) is 5.16. The normalized spacial score (nSPS) is 20.3. The van der Waals surface area contributed by atoms with Gasteiger partial charge in [0.15, 0.2) is 11.2 Å². The fourth-order valence-corrected chi connectivity index (χ4v) is 3.51. The monoisotopic (exact) mass is 360 g/mol. The minimum atomic E-state index is -0.379. The van der Waals surface area contributed by atoms with E-state index in [1.165, 1.54) is 11.6 Å². The van der Waals surface area contributed by atoms with Gasteiger partial charge in [-0.1, -0.05) is 24.5 Å². The van der Waals surface area contributed by atoms with Crippen LogP contribution in [-0.2, 0) is 20.6 Å². The fourth-order valence-electron chi connectivity index (χ4n) is 3.51. The van der Waals surface area contributed by atoms with E-state index in [1.807, 2.05) is 24.5 Å². The molecule has 8 heteroatoms. The van der Waals surface area contributed by atoms with E-state index in [4.69, 9.17) is 5.73 Å². The second-order valence-electron chi connectivity index (χ2n) is 7.40. The maximum absolute atomic E-state index is 12.8. The molecule has 2 aromatic heterocycles. The van der Waals surface area contributed by atoms with Gasteiger partial charge < -0.3 is 15.6 Å². The summed E-state index contributed by atoms with van der Waals surface area (Å²) in [6.07, 6.45) is 6.26. The zero-order valence-corrected chi connectivity index (χ0v) is 16.0. The van der Waals surface area contributed by atoms with Crippen LogP contribution in [0.25, 0.3) is 11.2 Å². The van der Waals surface area contributed by atoms with Gasteiger partial charge in [-0.25, -0.2) is 4.79 Å². The highest BCUT2D eigenvalue weighted by Crippen LogP contribution is 2.23. The van der Waals surface area contributed by atoms with Gasteiger partial charge in [-0.15, -0.1) is 0 Å². The molecule has 0 unspecified atom stereocenters. The lowest BCUT2D eigenvalue weighted by molar-refractivity contribution is 0.401. The van der Waals surface area contributed by atoms with E-state index in [2.05, 4.69) is 10.3 Å². The first kappa shape index (κ1) is 18.4. The molecule has 0 aliphatic heterocycles. The van der Waals surface area contributed by atoms with Gasteiger partial charge in [0.05, 0.1) is 0 Å². The Bertz CT molecular complexity index is 961. The lowest BCUT2D eigenvalue weighted by Crippen LogP contribution is -2.43. The molecule has 142 valence electrons. The van der Waals surface area contributed by atoms with Crippen LogP contribution in [0.15, 0.2) is 21.2 Å². The fraction of sp³-hybridized carbons (Fsp3) is 0.611. The Kier molecular flexibility index (Phi) is 5.04. The molecule has 0 aromatic carbocycles. The first-order valence-electron chi connectivity index (χ1n) is 9.13. The Labute approximate surface area is 152 Å². The molecule has 1 aliphatic rings. The van der Waals surface area contributed by atoms with Crippen LogP contribution in [0, 0.1) is 0 Å². The number of fused-ring (bicyclic) bond motifs is 1. The molecule has 0 saturated heterocycles. The Morgan fingerprint density at radius 2 is 1.92 bits per heavy atom. The second-order valence-corrected chi connectivity index (χ2v) is 7.40. The highest BCUT2D eigenvalue weighted by atomic mass is 16.2. The van der Waals surface area contributed by atoms with Crippen molar-refractivity contribution in [3.05, 3.63) is 32.5 Å². The molecule has 1 saturated carbocycles. The molecular formula is C18H28N6O2. The van der Waals surface area contributed by atoms with Gasteiger partial charge in [0.25, 0.3) is 5.56 Å². The van der Waals surface area contributed by atoms with Gasteiger partial charge in [-0.05, 0) is 26.7 Å². The highest BCUT2D eigenvalue weighted by molar-refractivity contribution is 5.74. The lowest BCUT2D eigenvalue weighted by Gasteiger charge is -2.29. The van der Waals surface area contributed by atoms with Crippen molar-refractivity contribution in [2.24, 2.45) is 19.8 Å². The van der Waals surface area contributed by atoms with Crippen molar-refractivity contribution in [3.63, 3.8) is 0 Å². The number of aromatic nitrogens is 4. The Hall–Kier alpha value is -2.35. The van der Waals surface area contributed by atoms with Gasteiger partial charge in [0.2, 0.25) is 5.95 Å². The average Bonchev–Trinajstić information content (AvgIpc) is 2.96. The number of nitrogens with two attached hydrogens (primary N) is 1. The van der Waals surface area contributed by atoms with Crippen molar-refractivity contribution < 1.29 is 0 Å². The summed E-state index contributed by atoms with van der Waals surface area (Å²) in [5, 5.41) is 3.44. The van der Waals surface area contributed by atoms with Crippen LogP contribution in [-0.4, -0.2) is 30.8 Å². The Balaban J connectivity index is 2.17. The van der Waals surface area contributed by atoms with E-state index in [0.29, 0.717) is 23.7 Å². The van der Waals surface area contributed by atoms with Crippen molar-refractivity contribution in [3.8, 4) is 0 Å². The minimum absolute atomic E-state index is 0.0621. The summed E-state index contributed by atoms with van der Waals surface area (Å²) in [5.74, 6) is 0.596. The summed E-state index contributed by atoms with van der Waals surface area (Å²) in [7, 11) is 3.13. The number of allylic oxidation sites excluding steroid dienone is 2. The molecule has 2 heterocycles. The Morgan fingerprint density at radius 1 is 1.23 bits per heavy atom. The van der Waals surface area contributed by atoms with Crippen LogP contribution in [0.4, 0.5) is 5.95 Å². The quantitative estimate of drug-likeness (QED) is 0.795. The molecule has 8 nitrogen and oxygen atoms in total. The summed E-state index contributed by atoms with van der Waals surface area (Å²) in [6.45, 7) is 4.53. The van der Waals surface area contributed by atoms with Gasteiger partial charge in [-0.2, -0.15) is 4.98 Å². The molecular weight excluding hydrogens is 332 g/mol. The summed E-state index contributed by atoms with van der Waals surface area (Å²) < 4.78 is 4.40. The number of nitrogens with zero attached hydrogens (tertiary/aromatic N) is 4. The molecule has 0 spiro atoms. The van der Waals surface area contributed by atoms with Crippen LogP contribution in [0.2, 0.25) is 0 Å². The molecule has 0 bridgehead atoms. The van der Waals surface area contributed by atoms with Crippen LogP contribution in [0.5, 0.6) is 0 Å². The number of nitrogens with one attached hydrogen (secondary N) is 1. The van der Waals surface area contributed by atoms with Crippen LogP contribution in [0.3, 0.4) is 0 Å². The molecule has 3 rings (SSSR count). The predicted molar refractivity (Wildman–Crippen MR) is 104 cm³/mol. The van der Waals surface area contributed by atoms with E-state index < -0.39 is 0 Å². The maximum atomic E-state index is 12.8. The smallest absolute Gasteiger partial charge is 0.332 e. The lowest BCUT2D eigenvalue weighted by atomic mass is 9.91. The van der Waals surface area contributed by atoms with Crippen LogP contribution in [0.1, 0.15) is 39.5 Å². The zero-order chi connectivity index (χ0) is 19.0. The summed E-state index contributed by atoms with van der Waals surface area (Å²) in [6, 6.07) is 0.180. The molecule has 3 N–H and O–H groups in total. The molecule has 0 radical (unpaired) electrons. The van der Waals surface area contributed by atoms with Crippen molar-refractivity contribution in [1.29, 1.82) is 0 Å². The van der Waals surface area contributed by atoms with Crippen molar-refractivity contribution in [1.82, 2.24) is 18.7 Å². The van der Waals surface area contributed by atoms with E-state index in [9.17, 15) is 9.59 Å². The van der Waals surface area contributed by atoms with Crippen LogP contribution < -0.4 is 22.3 Å². The third kappa shape index (κ3) is 3.21. The predicted octanol–water partition coefficient (Wildman–Crippen LogP) is 1.08. The summed E-state index contributed by atoms with van der Waals surface area (Å²) in [4.78, 5) is 29.6. The number of aryl methyl sites for hydroxylation is 1. The van der Waals surface area contributed by atoms with Crippen molar-refractivity contribution in [2.75, 3.05) is 5.32 Å². The Morgan fingerprint density at radius 3 is 2.58 bits per heavy atom. The topological polar surface area (TPSA) is 99.9 Å². The first-order chi connectivity index (χ1) is 12.3. The van der Waals surface area contributed by atoms with Gasteiger partial charge >= 0.3 is 5.69 Å². The zero-order valence-electron chi connectivity index (χ0n) is 16.0. The number of rotatable bonds is 4. The number of hydrogen-bond acceptors (Lipinski definition) is 5. The summed E-state index contributed by atoms with van der Waals surface area (Å²) >= 11 is 0. The average molecular weight is 360 g/mol. The maximum Gasteiger partial charge on any atom is 0.332 e. The number of imidazole rings is 1. The van der Waals surface area contributed by atoms with E-state index in [1.54, 1.807) is 7.05 Å². The second kappa shape index (κ2) is 7.11. The molecule has 1 aliphatic carbocycles. The van der Waals surface area contributed by atoms with E-state index in [0.717, 1.165) is 35.8 Å². The molecule has 26 heavy (non-hydrogen) atoms. The first-order valence-corrected chi connectivity index (χ1v) is 9.13. The molecule has 1 fully saturated rings. The molecule has 0 amide bonds. The standard InChI is InChI=1S/C18H28N6O2/c1-11(2)9-10-24-14-15(22(3)18(26)23(4)16(14)25)21-17(24)20-13-8-6-5-7-12(13)19/h9,12-13H,5-8,10,19H2,1-4H3,(H,20,21)/t12-,13+/m0/s1. The summed E-state index contributed by atoms with van der Waals surface area (Å²) in [5.41, 5.74) is 7.53. The van der Waals surface area contributed by atoms with Gasteiger partial charge in [0.1, 0.15) is 0 Å². The number of anilines is 1. The molecule has 2 atom stereocenters. The minimum Gasteiger partial charge on any atom is -0.351 e. The highest BCUT2D eigenvalue weighted by Gasteiger charge is 2.25. The van der Waals surface area contributed by atoms with Crippen LogP contribution >= 0.6 is 0 Å². The van der Waals surface area contributed by atoms with Gasteiger partial charge in [-0.3, -0.25) is 13.9 Å².